The highest BCUT2D eigenvalue weighted by atomic mass is 35.5. The molecule has 0 aliphatic heterocycles. The average molecular weight is 264 g/mol. The van der Waals surface area contributed by atoms with E-state index in [0.29, 0.717) is 0 Å². The molecular formula is C10H6ClN5S. The van der Waals surface area contributed by atoms with Gasteiger partial charge in [0.1, 0.15) is 11.1 Å². The van der Waals surface area contributed by atoms with E-state index < -0.39 is 0 Å². The first-order chi connectivity index (χ1) is 8.19. The van der Waals surface area contributed by atoms with E-state index >= 15 is 0 Å². The highest BCUT2D eigenvalue weighted by Gasteiger charge is 2.06. The molecular weight excluding hydrogens is 258 g/mol. The molecule has 0 fully saturated rings. The SMILES string of the molecule is Cc1cnc(Cl)nc1Sc1cnc(C#N)nc1. The van der Waals surface area contributed by atoms with Crippen molar-refractivity contribution >= 4 is 23.4 Å². The number of rotatable bonds is 2. The summed E-state index contributed by atoms with van der Waals surface area (Å²) in [5, 5.41) is 9.53. The van der Waals surface area contributed by atoms with E-state index in [0.717, 1.165) is 15.5 Å². The van der Waals surface area contributed by atoms with Gasteiger partial charge < -0.3 is 0 Å². The maximum Gasteiger partial charge on any atom is 0.232 e. The van der Waals surface area contributed by atoms with Crippen LogP contribution in [0.25, 0.3) is 0 Å². The predicted octanol–water partition coefficient (Wildman–Crippen LogP) is 2.25. The van der Waals surface area contributed by atoms with E-state index in [1.165, 1.54) is 11.8 Å². The minimum absolute atomic E-state index is 0.145. The fourth-order valence-corrected chi connectivity index (χ4v) is 2.01. The zero-order valence-electron chi connectivity index (χ0n) is 8.75. The molecule has 84 valence electrons. The lowest BCUT2D eigenvalue weighted by molar-refractivity contribution is 0.997. The van der Waals surface area contributed by atoms with E-state index in [1.807, 2.05) is 13.0 Å². The molecule has 2 rings (SSSR count). The predicted molar refractivity (Wildman–Crippen MR) is 62.6 cm³/mol. The van der Waals surface area contributed by atoms with Crippen LogP contribution in [0.1, 0.15) is 11.4 Å². The highest BCUT2D eigenvalue weighted by Crippen LogP contribution is 2.27. The molecule has 0 N–H and O–H groups in total. The van der Waals surface area contributed by atoms with Crippen LogP contribution in [0.5, 0.6) is 0 Å². The van der Waals surface area contributed by atoms with Crippen LogP contribution in [0, 0.1) is 18.3 Å². The van der Waals surface area contributed by atoms with Crippen molar-refractivity contribution in [1.29, 1.82) is 5.26 Å². The summed E-state index contributed by atoms with van der Waals surface area (Å²) in [6, 6.07) is 1.86. The average Bonchev–Trinajstić information content (AvgIpc) is 2.35. The molecule has 2 aromatic rings. The molecule has 17 heavy (non-hydrogen) atoms. The summed E-state index contributed by atoms with van der Waals surface area (Å²) in [5.41, 5.74) is 0.920. The molecule has 0 bridgehead atoms. The number of nitrogens with zero attached hydrogens (tertiary/aromatic N) is 5. The van der Waals surface area contributed by atoms with Crippen molar-refractivity contribution in [1.82, 2.24) is 19.9 Å². The first kappa shape index (κ1) is 11.8. The van der Waals surface area contributed by atoms with Crippen LogP contribution in [0.2, 0.25) is 5.28 Å². The quantitative estimate of drug-likeness (QED) is 0.611. The molecule has 0 saturated carbocycles. The number of nitriles is 1. The Balaban J connectivity index is 2.25. The summed E-state index contributed by atoms with van der Waals surface area (Å²) in [7, 11) is 0. The van der Waals surface area contributed by atoms with E-state index in [9.17, 15) is 0 Å². The van der Waals surface area contributed by atoms with E-state index in [2.05, 4.69) is 19.9 Å². The van der Waals surface area contributed by atoms with Crippen molar-refractivity contribution < 1.29 is 0 Å². The minimum atomic E-state index is 0.145. The lowest BCUT2D eigenvalue weighted by Crippen LogP contribution is -1.91. The van der Waals surface area contributed by atoms with E-state index in [4.69, 9.17) is 16.9 Å². The van der Waals surface area contributed by atoms with Gasteiger partial charge in [0.05, 0.1) is 4.90 Å². The molecule has 0 atom stereocenters. The van der Waals surface area contributed by atoms with Crippen LogP contribution >= 0.6 is 23.4 Å². The molecule has 0 radical (unpaired) electrons. The van der Waals surface area contributed by atoms with Gasteiger partial charge in [-0.2, -0.15) is 5.26 Å². The van der Waals surface area contributed by atoms with E-state index in [-0.39, 0.29) is 11.1 Å². The Bertz CT molecular complexity index is 578. The van der Waals surface area contributed by atoms with Gasteiger partial charge in [0.15, 0.2) is 0 Å². The fourth-order valence-electron chi connectivity index (χ4n) is 1.05. The van der Waals surface area contributed by atoms with Gasteiger partial charge in [0.2, 0.25) is 11.1 Å². The van der Waals surface area contributed by atoms with Crippen LogP contribution in [-0.4, -0.2) is 19.9 Å². The molecule has 0 aromatic carbocycles. The van der Waals surface area contributed by atoms with Crippen molar-refractivity contribution in [3.63, 3.8) is 0 Å². The highest BCUT2D eigenvalue weighted by molar-refractivity contribution is 7.99. The summed E-state index contributed by atoms with van der Waals surface area (Å²) < 4.78 is 0. The van der Waals surface area contributed by atoms with Gasteiger partial charge in [0.25, 0.3) is 0 Å². The number of aryl methyl sites for hydroxylation is 1. The zero-order valence-corrected chi connectivity index (χ0v) is 10.3. The first-order valence-corrected chi connectivity index (χ1v) is 5.77. The summed E-state index contributed by atoms with van der Waals surface area (Å²) in [5.74, 6) is 0.145. The molecule has 0 aliphatic rings. The third-order valence-corrected chi connectivity index (χ3v) is 3.07. The van der Waals surface area contributed by atoms with E-state index in [1.54, 1.807) is 18.6 Å². The maximum absolute atomic E-state index is 8.58. The van der Waals surface area contributed by atoms with Gasteiger partial charge in [-0.05, 0) is 18.5 Å². The van der Waals surface area contributed by atoms with Crippen molar-refractivity contribution in [2.75, 3.05) is 0 Å². The third-order valence-electron chi connectivity index (χ3n) is 1.84. The molecule has 0 spiro atoms. The zero-order chi connectivity index (χ0) is 12.3. The lowest BCUT2D eigenvalue weighted by atomic mass is 10.4. The Morgan fingerprint density at radius 3 is 2.59 bits per heavy atom. The van der Waals surface area contributed by atoms with Crippen molar-refractivity contribution in [3.05, 3.63) is 35.3 Å². The Labute approximate surface area is 107 Å². The lowest BCUT2D eigenvalue weighted by Gasteiger charge is -2.03. The normalized spacial score (nSPS) is 9.94. The largest absolute Gasteiger partial charge is 0.232 e. The molecule has 5 nitrogen and oxygen atoms in total. The van der Waals surface area contributed by atoms with Crippen LogP contribution in [0.15, 0.2) is 28.5 Å². The topological polar surface area (TPSA) is 75.3 Å². The Kier molecular flexibility index (Phi) is 3.52. The number of hydrogen-bond acceptors (Lipinski definition) is 6. The van der Waals surface area contributed by atoms with Crippen LogP contribution < -0.4 is 0 Å². The van der Waals surface area contributed by atoms with Crippen LogP contribution in [-0.2, 0) is 0 Å². The first-order valence-electron chi connectivity index (χ1n) is 4.58. The monoisotopic (exact) mass is 263 g/mol. The standard InChI is InChI=1S/C10H6ClN5S/c1-6-3-15-10(11)16-9(6)17-7-4-13-8(2-12)14-5-7/h3-5H,1H3. The van der Waals surface area contributed by atoms with Crippen molar-refractivity contribution in [3.8, 4) is 6.07 Å². The summed E-state index contributed by atoms with van der Waals surface area (Å²) >= 11 is 7.10. The van der Waals surface area contributed by atoms with Gasteiger partial charge in [0, 0.05) is 24.2 Å². The third kappa shape index (κ3) is 2.90. The second-order valence-electron chi connectivity index (χ2n) is 3.08. The Morgan fingerprint density at radius 2 is 1.94 bits per heavy atom. The van der Waals surface area contributed by atoms with Crippen LogP contribution in [0.3, 0.4) is 0 Å². The van der Waals surface area contributed by atoms with Gasteiger partial charge in [-0.3, -0.25) is 0 Å². The Hall–Kier alpha value is -1.71. The van der Waals surface area contributed by atoms with Crippen molar-refractivity contribution in [2.24, 2.45) is 0 Å². The van der Waals surface area contributed by atoms with Gasteiger partial charge in [-0.1, -0.05) is 11.8 Å². The number of hydrogen-bond donors (Lipinski definition) is 0. The number of aromatic nitrogens is 4. The fraction of sp³-hybridized carbons (Fsp3) is 0.100. The molecule has 0 saturated heterocycles. The molecule has 0 unspecified atom stereocenters. The smallest absolute Gasteiger partial charge is 0.226 e. The van der Waals surface area contributed by atoms with Gasteiger partial charge in [-0.15, -0.1) is 0 Å². The summed E-state index contributed by atoms with van der Waals surface area (Å²) in [6.45, 7) is 1.89. The van der Waals surface area contributed by atoms with Gasteiger partial charge in [-0.25, -0.2) is 19.9 Å². The Morgan fingerprint density at radius 1 is 1.24 bits per heavy atom. The van der Waals surface area contributed by atoms with Crippen molar-refractivity contribution in [2.45, 2.75) is 16.8 Å². The molecule has 0 amide bonds. The molecule has 0 aliphatic carbocycles. The minimum Gasteiger partial charge on any atom is -0.226 e. The summed E-state index contributed by atoms with van der Waals surface area (Å²) in [6.07, 6.45) is 4.81. The molecule has 2 heterocycles. The molecule has 7 heteroatoms. The second kappa shape index (κ2) is 5.08. The molecule has 2 aromatic heterocycles. The second-order valence-corrected chi connectivity index (χ2v) is 4.48. The van der Waals surface area contributed by atoms with Crippen LogP contribution in [0.4, 0.5) is 0 Å². The number of halogens is 1. The summed E-state index contributed by atoms with van der Waals surface area (Å²) in [4.78, 5) is 16.5. The maximum atomic E-state index is 8.58. The van der Waals surface area contributed by atoms with Gasteiger partial charge >= 0.3 is 0 Å².